The third kappa shape index (κ3) is 4.94. The van der Waals surface area contributed by atoms with Gasteiger partial charge in [-0.15, -0.1) is 0 Å². The molecule has 1 aliphatic rings. The first-order valence-electron chi connectivity index (χ1n) is 8.39. The average Bonchev–Trinajstić information content (AvgIpc) is 2.55. The lowest BCUT2D eigenvalue weighted by Crippen LogP contribution is -2.44. The lowest BCUT2D eigenvalue weighted by atomic mass is 10.0. The SMILES string of the molecule is CCc1ccc(NC(=O)CN2CCC(N(C)C)CC2)cc1OC. The van der Waals surface area contributed by atoms with Crippen molar-refractivity contribution in [3.05, 3.63) is 23.8 Å². The summed E-state index contributed by atoms with van der Waals surface area (Å²) in [7, 11) is 5.91. The van der Waals surface area contributed by atoms with Crippen molar-refractivity contribution in [1.29, 1.82) is 0 Å². The van der Waals surface area contributed by atoms with Crippen LogP contribution >= 0.6 is 0 Å². The predicted molar refractivity (Wildman–Crippen MR) is 94.2 cm³/mol. The number of carbonyl (C=O) groups excluding carboxylic acids is 1. The van der Waals surface area contributed by atoms with E-state index >= 15 is 0 Å². The first kappa shape index (κ1) is 17.8. The Kier molecular flexibility index (Phi) is 6.42. The molecule has 2 rings (SSSR count). The van der Waals surface area contributed by atoms with Crippen molar-refractivity contribution in [3.63, 3.8) is 0 Å². The van der Waals surface area contributed by atoms with Gasteiger partial charge < -0.3 is 15.0 Å². The van der Waals surface area contributed by atoms with Gasteiger partial charge >= 0.3 is 0 Å². The van der Waals surface area contributed by atoms with E-state index in [-0.39, 0.29) is 5.91 Å². The maximum Gasteiger partial charge on any atom is 0.238 e. The molecule has 0 aromatic heterocycles. The number of rotatable bonds is 6. The van der Waals surface area contributed by atoms with Crippen LogP contribution in [0.4, 0.5) is 5.69 Å². The fraction of sp³-hybridized carbons (Fsp3) is 0.611. The van der Waals surface area contributed by atoms with Gasteiger partial charge in [0.25, 0.3) is 0 Å². The molecular weight excluding hydrogens is 290 g/mol. The summed E-state index contributed by atoms with van der Waals surface area (Å²) in [6, 6.07) is 6.49. The normalized spacial score (nSPS) is 16.6. The molecule has 0 radical (unpaired) electrons. The molecule has 5 heteroatoms. The Morgan fingerprint density at radius 2 is 2.04 bits per heavy atom. The number of carbonyl (C=O) groups is 1. The number of hydrogen-bond acceptors (Lipinski definition) is 4. The quantitative estimate of drug-likeness (QED) is 0.873. The van der Waals surface area contributed by atoms with Crippen molar-refractivity contribution in [2.75, 3.05) is 46.2 Å². The van der Waals surface area contributed by atoms with E-state index in [0.29, 0.717) is 12.6 Å². The van der Waals surface area contributed by atoms with E-state index in [1.165, 1.54) is 0 Å². The molecule has 1 heterocycles. The Morgan fingerprint density at radius 1 is 1.35 bits per heavy atom. The smallest absolute Gasteiger partial charge is 0.238 e. The minimum Gasteiger partial charge on any atom is -0.496 e. The van der Waals surface area contributed by atoms with Crippen LogP contribution in [0, 0.1) is 0 Å². The van der Waals surface area contributed by atoms with Crippen molar-refractivity contribution in [3.8, 4) is 5.75 Å². The molecule has 1 N–H and O–H groups in total. The van der Waals surface area contributed by atoms with Crippen molar-refractivity contribution in [1.82, 2.24) is 9.80 Å². The van der Waals surface area contributed by atoms with Gasteiger partial charge in [0, 0.05) is 30.9 Å². The summed E-state index contributed by atoms with van der Waals surface area (Å²) in [6.45, 7) is 4.51. The summed E-state index contributed by atoms with van der Waals surface area (Å²) in [6.07, 6.45) is 3.16. The number of nitrogens with one attached hydrogen (secondary N) is 1. The second kappa shape index (κ2) is 8.31. The lowest BCUT2D eigenvalue weighted by molar-refractivity contribution is -0.117. The number of benzene rings is 1. The highest BCUT2D eigenvalue weighted by molar-refractivity contribution is 5.92. The highest BCUT2D eigenvalue weighted by atomic mass is 16.5. The van der Waals surface area contributed by atoms with E-state index in [2.05, 4.69) is 36.1 Å². The number of ether oxygens (including phenoxy) is 1. The molecule has 0 atom stereocenters. The van der Waals surface area contributed by atoms with Gasteiger partial charge in [-0.1, -0.05) is 13.0 Å². The molecule has 1 aromatic rings. The molecule has 1 fully saturated rings. The Labute approximate surface area is 139 Å². The van der Waals surface area contributed by atoms with Crippen LogP contribution in [0.3, 0.4) is 0 Å². The Bertz CT molecular complexity index is 523. The number of methoxy groups -OCH3 is 1. The standard InChI is InChI=1S/C18H29N3O2/c1-5-14-6-7-15(12-17(14)23-4)19-18(22)13-21-10-8-16(9-11-21)20(2)3/h6-7,12,16H,5,8-11,13H2,1-4H3,(H,19,22). The van der Waals surface area contributed by atoms with E-state index in [0.717, 1.165) is 49.4 Å². The molecule has 1 amide bonds. The number of anilines is 1. The van der Waals surface area contributed by atoms with Crippen molar-refractivity contribution in [2.45, 2.75) is 32.2 Å². The van der Waals surface area contributed by atoms with Crippen LogP contribution in [-0.4, -0.2) is 62.6 Å². The van der Waals surface area contributed by atoms with Crippen LogP contribution in [-0.2, 0) is 11.2 Å². The van der Waals surface area contributed by atoms with Gasteiger partial charge in [-0.2, -0.15) is 0 Å². The Hall–Kier alpha value is -1.59. The Morgan fingerprint density at radius 3 is 2.61 bits per heavy atom. The fourth-order valence-electron chi connectivity index (χ4n) is 3.11. The van der Waals surface area contributed by atoms with E-state index in [9.17, 15) is 4.79 Å². The summed E-state index contributed by atoms with van der Waals surface area (Å²) in [5.74, 6) is 0.872. The van der Waals surface area contributed by atoms with Crippen LogP contribution in [0.15, 0.2) is 18.2 Å². The molecule has 0 spiro atoms. The zero-order valence-electron chi connectivity index (χ0n) is 14.8. The largest absolute Gasteiger partial charge is 0.496 e. The monoisotopic (exact) mass is 319 g/mol. The summed E-state index contributed by atoms with van der Waals surface area (Å²) in [5, 5.41) is 2.98. The van der Waals surface area contributed by atoms with Crippen LogP contribution in [0.1, 0.15) is 25.3 Å². The second-order valence-corrected chi connectivity index (χ2v) is 6.40. The first-order chi connectivity index (χ1) is 11.0. The molecule has 128 valence electrons. The minimum atomic E-state index is 0.0413. The summed E-state index contributed by atoms with van der Waals surface area (Å²) >= 11 is 0. The van der Waals surface area contributed by atoms with Crippen molar-refractivity contribution < 1.29 is 9.53 Å². The number of hydrogen-bond donors (Lipinski definition) is 1. The predicted octanol–water partition coefficient (Wildman–Crippen LogP) is 2.22. The third-order valence-corrected chi connectivity index (χ3v) is 4.61. The molecule has 0 aliphatic carbocycles. The van der Waals surface area contributed by atoms with Gasteiger partial charge in [-0.05, 0) is 45.0 Å². The number of nitrogens with zero attached hydrogens (tertiary/aromatic N) is 2. The minimum absolute atomic E-state index is 0.0413. The number of likely N-dealkylation sites (tertiary alicyclic amines) is 1. The highest BCUT2D eigenvalue weighted by Crippen LogP contribution is 2.23. The second-order valence-electron chi connectivity index (χ2n) is 6.40. The van der Waals surface area contributed by atoms with E-state index in [1.54, 1.807) is 7.11 Å². The third-order valence-electron chi connectivity index (χ3n) is 4.61. The van der Waals surface area contributed by atoms with Gasteiger partial charge in [0.2, 0.25) is 5.91 Å². The molecule has 0 saturated carbocycles. The molecule has 23 heavy (non-hydrogen) atoms. The first-order valence-corrected chi connectivity index (χ1v) is 8.39. The fourth-order valence-corrected chi connectivity index (χ4v) is 3.11. The number of aryl methyl sites for hydroxylation is 1. The zero-order chi connectivity index (χ0) is 16.8. The number of amides is 1. The van der Waals surface area contributed by atoms with Crippen LogP contribution < -0.4 is 10.1 Å². The molecule has 5 nitrogen and oxygen atoms in total. The molecule has 0 unspecified atom stereocenters. The molecular formula is C18H29N3O2. The Balaban J connectivity index is 1.86. The zero-order valence-corrected chi connectivity index (χ0v) is 14.8. The van der Waals surface area contributed by atoms with Gasteiger partial charge in [0.05, 0.1) is 13.7 Å². The average molecular weight is 319 g/mol. The summed E-state index contributed by atoms with van der Waals surface area (Å²) in [4.78, 5) is 16.8. The molecule has 1 saturated heterocycles. The number of piperidine rings is 1. The molecule has 1 aromatic carbocycles. The van der Waals surface area contributed by atoms with Crippen molar-refractivity contribution in [2.24, 2.45) is 0 Å². The van der Waals surface area contributed by atoms with Crippen molar-refractivity contribution >= 4 is 11.6 Å². The van der Waals surface area contributed by atoms with Crippen LogP contribution in [0.5, 0.6) is 5.75 Å². The summed E-state index contributed by atoms with van der Waals surface area (Å²) in [5.41, 5.74) is 1.95. The van der Waals surface area contributed by atoms with Gasteiger partial charge in [-0.25, -0.2) is 0 Å². The summed E-state index contributed by atoms with van der Waals surface area (Å²) < 4.78 is 5.38. The van der Waals surface area contributed by atoms with E-state index in [4.69, 9.17) is 4.74 Å². The van der Waals surface area contributed by atoms with Gasteiger partial charge in [0.1, 0.15) is 5.75 Å². The van der Waals surface area contributed by atoms with E-state index in [1.807, 2.05) is 18.2 Å². The topological polar surface area (TPSA) is 44.8 Å². The maximum absolute atomic E-state index is 12.2. The molecule has 0 bridgehead atoms. The highest BCUT2D eigenvalue weighted by Gasteiger charge is 2.22. The van der Waals surface area contributed by atoms with Gasteiger partial charge in [-0.3, -0.25) is 9.69 Å². The van der Waals surface area contributed by atoms with E-state index < -0.39 is 0 Å². The molecule has 1 aliphatic heterocycles. The lowest BCUT2D eigenvalue weighted by Gasteiger charge is -2.34. The maximum atomic E-state index is 12.2. The van der Waals surface area contributed by atoms with Crippen LogP contribution in [0.2, 0.25) is 0 Å². The van der Waals surface area contributed by atoms with Gasteiger partial charge in [0.15, 0.2) is 0 Å². The van der Waals surface area contributed by atoms with Crippen LogP contribution in [0.25, 0.3) is 0 Å².